The molecule has 3 saturated heterocycles. The molecule has 3 aliphatic rings. The number of aromatic amines is 4. The molecule has 0 saturated carbocycles. The quantitative estimate of drug-likeness (QED) is 0.0264. The van der Waals surface area contributed by atoms with E-state index in [0.717, 1.165) is 240 Å². The standard InChI is InChI=1S/C31H29N5O.C30H27N5O2.C30H27N5O.C29H27N5O/c37-31(33-26-11-7-10-23(17-26)16-22-8-3-1-4-9-22)30-28-19-24(12-13-29(28)34-35-30)25-18-27(21-32-20-25)36-14-5-2-6-15-36;36-30(32-25-8-4-7-22(16-25)15-21-5-2-1-3-6-21)29-27-18-23(9-10-28(27)33-34-29)24-17-26(20-31-19-24)35-11-13-37-14-12-35;36-30(32-25-10-6-9-22(16-25)15-21-7-2-1-3-8-21)29-27-18-23(11-12-28(27)33-34-29)24-17-26(20-31-19-24)35-13-4-5-14-35;1-34(2)19-22-14-24(18-30-17-22)23-11-12-27-26(16-23)28(33-32-27)29(35)31-25-10-6-9-21(15-25)13-20-7-4-3-5-8-20/h1,3-4,7-13,17-21H,2,5-6,14-16H2,(H,33,37)(H,34,35);1-10,16-20H,11-15H2,(H,32,36)(H,33,34);1-3,6-12,16-20H,4-5,13-15H2,(H,32,36)(H,33,34);3-12,14-18H,13,19H2,1-2H3,(H,31,35)(H,32,33). The third-order valence-electron chi connectivity index (χ3n) is 26.2. The Morgan fingerprint density at radius 1 is 0.269 bits per heavy atom. The number of hydrogen-bond acceptors (Lipinski definition) is 17. The van der Waals surface area contributed by atoms with Crippen LogP contribution in [-0.2, 0) is 37.0 Å². The fourth-order valence-corrected chi connectivity index (χ4v) is 18.9. The largest absolute Gasteiger partial charge is 0.378 e. The fraction of sp³-hybridized carbons (Fsp3) is 0.167. The van der Waals surface area contributed by atoms with E-state index in [2.05, 4.69) is 199 Å². The maximum atomic E-state index is 13.3. The summed E-state index contributed by atoms with van der Waals surface area (Å²) in [6, 6.07) is 106. The van der Waals surface area contributed by atoms with Crippen LogP contribution in [0.4, 0.5) is 39.8 Å². The number of nitrogens with zero attached hydrogens (tertiary/aromatic N) is 12. The second-order valence-corrected chi connectivity index (χ2v) is 37.1. The molecule has 3 aliphatic heterocycles. The minimum atomic E-state index is -0.250. The SMILES string of the molecule is CN(C)Cc1cncc(-c2ccc3[nH]nc(C(=O)Nc4cccc(Cc5ccccc5)c4)c3c2)c1.O=C(Nc1cccc(Cc2ccccc2)c1)c1n[nH]c2ccc(-c3cncc(N4CCCC4)c3)cc12.O=C(Nc1cccc(Cc2ccccc2)c1)c1n[nH]c2ccc(-c3cncc(N4CCCCC4)c3)cc12.O=C(Nc1cccc(Cc2ccccc2)c1)c1n[nH]c2ccc(-c3cncc(N4CCOCC4)c3)cc12. The lowest BCUT2D eigenvalue weighted by Crippen LogP contribution is -2.36. The smallest absolute Gasteiger partial charge is 0.276 e. The minimum Gasteiger partial charge on any atom is -0.378 e. The molecule has 12 aromatic carbocycles. The zero-order chi connectivity index (χ0) is 98.6. The van der Waals surface area contributed by atoms with Crippen molar-refractivity contribution in [1.29, 1.82) is 0 Å². The number of morpholine rings is 1. The van der Waals surface area contributed by atoms with E-state index in [1.165, 1.54) is 54.4 Å². The van der Waals surface area contributed by atoms with Crippen LogP contribution in [0.5, 0.6) is 0 Å². The van der Waals surface area contributed by atoms with Gasteiger partial charge in [0.05, 0.1) is 70.9 Å². The third-order valence-corrected chi connectivity index (χ3v) is 26.2. The number of pyridine rings is 4. The normalized spacial score (nSPS) is 12.9. The number of anilines is 7. The molecular weight excluding hydrogens is 1800 g/mol. The average Bonchev–Trinajstić information content (AvgIpc) is 1.61. The van der Waals surface area contributed by atoms with Gasteiger partial charge >= 0.3 is 0 Å². The Hall–Kier alpha value is -17.7. The first-order valence-electron chi connectivity index (χ1n) is 49.2. The molecule has 0 unspecified atom stereocenters. The molecule has 23 rings (SSSR count). The molecule has 0 bridgehead atoms. The highest BCUT2D eigenvalue weighted by molar-refractivity contribution is 6.15. The van der Waals surface area contributed by atoms with Gasteiger partial charge in [-0.25, -0.2) is 0 Å². The fourth-order valence-electron chi connectivity index (χ4n) is 18.9. The van der Waals surface area contributed by atoms with Gasteiger partial charge in [-0.3, -0.25) is 59.5 Å². The van der Waals surface area contributed by atoms with Crippen LogP contribution in [0.1, 0.15) is 124 Å². The van der Waals surface area contributed by atoms with E-state index in [9.17, 15) is 19.2 Å². The maximum Gasteiger partial charge on any atom is 0.276 e. The van der Waals surface area contributed by atoms with Crippen molar-refractivity contribution in [3.05, 3.63) is 438 Å². The molecule has 25 heteroatoms. The predicted molar refractivity (Wildman–Crippen MR) is 580 cm³/mol. The number of fused-ring (bicyclic) bond motifs is 4. The summed E-state index contributed by atoms with van der Waals surface area (Å²) in [4.78, 5) is 79.9. The molecule has 0 aliphatic carbocycles. The summed E-state index contributed by atoms with van der Waals surface area (Å²) < 4.78 is 5.48. The van der Waals surface area contributed by atoms with Crippen LogP contribution >= 0.6 is 0 Å². The zero-order valence-corrected chi connectivity index (χ0v) is 80.8. The molecule has 20 aromatic rings. The van der Waals surface area contributed by atoms with Crippen molar-refractivity contribution in [1.82, 2.24) is 65.6 Å². The van der Waals surface area contributed by atoms with Crippen molar-refractivity contribution in [2.24, 2.45) is 0 Å². The molecule has 145 heavy (non-hydrogen) atoms. The minimum absolute atomic E-state index is 0.236. The van der Waals surface area contributed by atoms with Crippen LogP contribution in [0.2, 0.25) is 0 Å². The number of rotatable bonds is 25. The zero-order valence-electron chi connectivity index (χ0n) is 80.8. The van der Waals surface area contributed by atoms with E-state index in [1.54, 1.807) is 0 Å². The summed E-state index contributed by atoms with van der Waals surface area (Å²) in [5.74, 6) is -0.968. The first-order valence-corrected chi connectivity index (χ1v) is 49.2. The summed E-state index contributed by atoms with van der Waals surface area (Å²) in [7, 11) is 4.07. The number of nitrogens with one attached hydrogen (secondary N) is 8. The highest BCUT2D eigenvalue weighted by Crippen LogP contribution is 2.36. The van der Waals surface area contributed by atoms with Crippen LogP contribution in [0.25, 0.3) is 88.1 Å². The Balaban J connectivity index is 0.000000118. The molecule has 8 aromatic heterocycles. The van der Waals surface area contributed by atoms with E-state index >= 15 is 0 Å². The highest BCUT2D eigenvalue weighted by atomic mass is 16.5. The number of ether oxygens (including phenoxy) is 1. The Morgan fingerprint density at radius 2 is 0.538 bits per heavy atom. The van der Waals surface area contributed by atoms with E-state index in [-0.39, 0.29) is 23.6 Å². The maximum absolute atomic E-state index is 13.3. The third kappa shape index (κ3) is 24.0. The van der Waals surface area contributed by atoms with Gasteiger partial charge in [0.1, 0.15) is 0 Å². The summed E-state index contributed by atoms with van der Waals surface area (Å²) in [5.41, 5.74) is 29.8. The van der Waals surface area contributed by atoms with Crippen LogP contribution in [0.15, 0.2) is 365 Å². The molecule has 11 heterocycles. The van der Waals surface area contributed by atoms with E-state index < -0.39 is 0 Å². The topological polar surface area (TPSA) is 305 Å². The monoisotopic (exact) mass is 1910 g/mol. The molecule has 0 radical (unpaired) electrons. The molecule has 3 fully saturated rings. The number of piperidine rings is 1. The lowest BCUT2D eigenvalue weighted by molar-refractivity contribution is 0.101. The van der Waals surface area contributed by atoms with Crippen LogP contribution in [0.3, 0.4) is 0 Å². The number of carbonyl (C=O) groups excluding carboxylic acids is 4. The molecule has 0 atom stereocenters. The lowest BCUT2D eigenvalue weighted by Gasteiger charge is -2.28. The van der Waals surface area contributed by atoms with E-state index in [4.69, 9.17) is 4.74 Å². The van der Waals surface area contributed by atoms with Crippen molar-refractivity contribution in [2.75, 3.05) is 103 Å². The number of amides is 4. The van der Waals surface area contributed by atoms with Crippen molar-refractivity contribution in [2.45, 2.75) is 64.3 Å². The molecule has 0 spiro atoms. The van der Waals surface area contributed by atoms with Crippen LogP contribution in [-0.4, -0.2) is 156 Å². The van der Waals surface area contributed by atoms with E-state index in [1.807, 2.05) is 282 Å². The Bertz CT molecular complexity index is 7690. The highest BCUT2D eigenvalue weighted by Gasteiger charge is 2.25. The number of benzene rings is 12. The second kappa shape index (κ2) is 45.3. The van der Waals surface area contributed by atoms with Gasteiger partial charge in [-0.2, -0.15) is 20.4 Å². The first-order chi connectivity index (χ1) is 71.2. The van der Waals surface area contributed by atoms with Crippen molar-refractivity contribution < 1.29 is 23.9 Å². The van der Waals surface area contributed by atoms with Crippen molar-refractivity contribution in [3.8, 4) is 44.5 Å². The number of hydrogen-bond donors (Lipinski definition) is 8. The van der Waals surface area contributed by atoms with Crippen molar-refractivity contribution >= 4 is 107 Å². The molecule has 8 N–H and O–H groups in total. The molecular formula is C120H110N20O5. The van der Waals surface area contributed by atoms with E-state index in [0.29, 0.717) is 22.8 Å². The van der Waals surface area contributed by atoms with Gasteiger partial charge in [0.15, 0.2) is 22.8 Å². The van der Waals surface area contributed by atoms with Gasteiger partial charge in [-0.1, -0.05) is 194 Å². The number of carbonyl (C=O) groups is 4. The Kier molecular flexibility index (Phi) is 29.6. The number of aromatic nitrogens is 12. The summed E-state index contributed by atoms with van der Waals surface area (Å²) in [5, 5.41) is 44.5. The number of H-pyrrole nitrogens is 4. The summed E-state index contributed by atoms with van der Waals surface area (Å²) in [6.45, 7) is 8.24. The molecule has 4 amide bonds. The van der Waals surface area contributed by atoms with Gasteiger partial charge in [0.2, 0.25) is 0 Å². The van der Waals surface area contributed by atoms with Crippen molar-refractivity contribution in [3.63, 3.8) is 0 Å². The summed E-state index contributed by atoms with van der Waals surface area (Å²) in [6.07, 6.45) is 24.5. The summed E-state index contributed by atoms with van der Waals surface area (Å²) >= 11 is 0. The van der Waals surface area contributed by atoms with Gasteiger partial charge in [0, 0.05) is 143 Å². The Morgan fingerprint density at radius 3 is 0.834 bits per heavy atom. The Labute approximate surface area is 840 Å². The lowest BCUT2D eigenvalue weighted by atomic mass is 10.0. The molecule has 720 valence electrons. The van der Waals surface area contributed by atoms with Gasteiger partial charge in [0.25, 0.3) is 23.6 Å². The second-order valence-electron chi connectivity index (χ2n) is 37.1. The average molecular weight is 1910 g/mol. The van der Waals surface area contributed by atoms with Crippen LogP contribution in [0, 0.1) is 0 Å². The van der Waals surface area contributed by atoms with Gasteiger partial charge in [-0.05, 0) is 266 Å². The first kappa shape index (κ1) is 94.9. The van der Waals surface area contributed by atoms with Crippen LogP contribution < -0.4 is 36.0 Å². The predicted octanol–water partition coefficient (Wildman–Crippen LogP) is 23.4. The van der Waals surface area contributed by atoms with Gasteiger partial charge < -0.3 is 45.6 Å². The molecule has 25 nitrogen and oxygen atoms in total. The van der Waals surface area contributed by atoms with Gasteiger partial charge in [-0.15, -0.1) is 0 Å².